The predicted molar refractivity (Wildman–Crippen MR) is 110 cm³/mol. The van der Waals surface area contributed by atoms with Crippen LogP contribution in [0.4, 0.5) is 10.1 Å². The van der Waals surface area contributed by atoms with Crippen molar-refractivity contribution in [3.8, 4) is 28.6 Å². The van der Waals surface area contributed by atoms with Crippen molar-refractivity contribution in [2.24, 2.45) is 0 Å². The van der Waals surface area contributed by atoms with Gasteiger partial charge in [-0.2, -0.15) is 4.98 Å². The van der Waals surface area contributed by atoms with Crippen molar-refractivity contribution < 1.29 is 18.4 Å². The van der Waals surface area contributed by atoms with Crippen LogP contribution in [0.25, 0.3) is 22.8 Å². The molecule has 0 saturated carbocycles. The minimum atomic E-state index is -0.370. The minimum absolute atomic E-state index is 0.224. The summed E-state index contributed by atoms with van der Waals surface area (Å²) in [4.78, 5) is 16.8. The van der Waals surface area contributed by atoms with E-state index in [-0.39, 0.29) is 18.3 Å². The fraction of sp³-hybridized carbons (Fsp3) is 0.0870. The molecular weight excluding hydrogens is 385 g/mol. The number of anilines is 1. The van der Waals surface area contributed by atoms with Crippen LogP contribution in [0, 0.1) is 12.7 Å². The van der Waals surface area contributed by atoms with Gasteiger partial charge in [0.2, 0.25) is 5.82 Å². The topological polar surface area (TPSA) is 77.2 Å². The molecule has 1 aromatic heterocycles. The molecule has 0 spiro atoms. The van der Waals surface area contributed by atoms with Crippen LogP contribution < -0.4 is 10.1 Å². The molecule has 30 heavy (non-hydrogen) atoms. The number of rotatable bonds is 6. The molecule has 1 N–H and O–H groups in total. The van der Waals surface area contributed by atoms with Gasteiger partial charge >= 0.3 is 0 Å². The maximum atomic E-state index is 13.0. The molecule has 0 fully saturated rings. The van der Waals surface area contributed by atoms with Gasteiger partial charge < -0.3 is 14.6 Å². The first-order valence-electron chi connectivity index (χ1n) is 9.27. The Morgan fingerprint density at radius 3 is 2.53 bits per heavy atom. The fourth-order valence-corrected chi connectivity index (χ4v) is 2.80. The summed E-state index contributed by atoms with van der Waals surface area (Å²) in [6, 6.07) is 20.4. The van der Waals surface area contributed by atoms with E-state index >= 15 is 0 Å². The van der Waals surface area contributed by atoms with Crippen LogP contribution in [0.1, 0.15) is 5.56 Å². The quantitative estimate of drug-likeness (QED) is 0.497. The predicted octanol–water partition coefficient (Wildman–Crippen LogP) is 4.87. The lowest BCUT2D eigenvalue weighted by Crippen LogP contribution is -2.20. The first-order chi connectivity index (χ1) is 14.6. The summed E-state index contributed by atoms with van der Waals surface area (Å²) < 4.78 is 23.8. The van der Waals surface area contributed by atoms with E-state index in [2.05, 4.69) is 15.5 Å². The zero-order valence-corrected chi connectivity index (χ0v) is 16.1. The lowest BCUT2D eigenvalue weighted by molar-refractivity contribution is -0.118. The van der Waals surface area contributed by atoms with E-state index in [9.17, 15) is 9.18 Å². The molecule has 3 aromatic carbocycles. The van der Waals surface area contributed by atoms with Crippen LogP contribution in [0.2, 0.25) is 0 Å². The number of hydrogen-bond donors (Lipinski definition) is 1. The van der Waals surface area contributed by atoms with Crippen molar-refractivity contribution in [2.45, 2.75) is 6.92 Å². The summed E-state index contributed by atoms with van der Waals surface area (Å²) in [5, 5.41) is 6.82. The molecule has 1 heterocycles. The summed E-state index contributed by atoms with van der Waals surface area (Å²) in [5.74, 6) is 0.418. The number of ether oxygens (including phenoxy) is 1. The Hall–Kier alpha value is -4.00. The van der Waals surface area contributed by atoms with Gasteiger partial charge in [-0.25, -0.2) is 4.39 Å². The van der Waals surface area contributed by atoms with Crippen molar-refractivity contribution >= 4 is 11.6 Å². The Bertz CT molecular complexity index is 1160. The average molecular weight is 403 g/mol. The molecule has 1 amide bonds. The second kappa shape index (κ2) is 8.57. The zero-order valence-electron chi connectivity index (χ0n) is 16.1. The number of carbonyl (C=O) groups excluding carboxylic acids is 1. The Morgan fingerprint density at radius 1 is 1.03 bits per heavy atom. The second-order valence-corrected chi connectivity index (χ2v) is 6.63. The Labute approximate surface area is 172 Å². The zero-order chi connectivity index (χ0) is 20.9. The fourth-order valence-electron chi connectivity index (χ4n) is 2.80. The third kappa shape index (κ3) is 4.52. The Kier molecular flexibility index (Phi) is 5.52. The van der Waals surface area contributed by atoms with Crippen LogP contribution in [-0.4, -0.2) is 22.7 Å². The number of nitrogens with one attached hydrogen (secondary N) is 1. The molecule has 6 nitrogen and oxygen atoms in total. The largest absolute Gasteiger partial charge is 0.484 e. The highest BCUT2D eigenvalue weighted by Crippen LogP contribution is 2.28. The van der Waals surface area contributed by atoms with Gasteiger partial charge in [0.25, 0.3) is 11.8 Å². The van der Waals surface area contributed by atoms with Crippen molar-refractivity contribution in [3.63, 3.8) is 0 Å². The van der Waals surface area contributed by atoms with E-state index in [1.165, 1.54) is 24.3 Å². The molecule has 0 bridgehead atoms. The van der Waals surface area contributed by atoms with Gasteiger partial charge in [-0.3, -0.25) is 4.79 Å². The molecule has 0 atom stereocenters. The number of para-hydroxylation sites is 1. The molecule has 7 heteroatoms. The number of hydrogen-bond acceptors (Lipinski definition) is 5. The number of halogens is 1. The van der Waals surface area contributed by atoms with Gasteiger partial charge in [0.1, 0.15) is 11.6 Å². The van der Waals surface area contributed by atoms with Gasteiger partial charge in [0.05, 0.1) is 11.3 Å². The van der Waals surface area contributed by atoms with E-state index in [0.29, 0.717) is 28.7 Å². The van der Waals surface area contributed by atoms with Gasteiger partial charge in [-0.05, 0) is 43.3 Å². The number of carbonyl (C=O) groups is 1. The second-order valence-electron chi connectivity index (χ2n) is 6.63. The number of benzene rings is 3. The van der Waals surface area contributed by atoms with E-state index < -0.39 is 0 Å². The first kappa shape index (κ1) is 19.3. The van der Waals surface area contributed by atoms with Crippen molar-refractivity contribution in [2.75, 3.05) is 11.9 Å². The van der Waals surface area contributed by atoms with Crippen LogP contribution in [0.3, 0.4) is 0 Å². The van der Waals surface area contributed by atoms with Gasteiger partial charge in [-0.1, -0.05) is 47.1 Å². The summed E-state index contributed by atoms with van der Waals surface area (Å²) >= 11 is 0. The van der Waals surface area contributed by atoms with Crippen molar-refractivity contribution in [1.82, 2.24) is 10.1 Å². The number of amides is 1. The molecule has 0 unspecified atom stereocenters. The van der Waals surface area contributed by atoms with Crippen LogP contribution >= 0.6 is 0 Å². The smallest absolute Gasteiger partial charge is 0.262 e. The van der Waals surface area contributed by atoms with Crippen molar-refractivity contribution in [3.05, 3.63) is 84.2 Å². The maximum Gasteiger partial charge on any atom is 0.262 e. The monoisotopic (exact) mass is 403 g/mol. The summed E-state index contributed by atoms with van der Waals surface area (Å²) in [6.45, 7) is 1.78. The summed E-state index contributed by atoms with van der Waals surface area (Å²) in [6.07, 6.45) is 0. The summed E-state index contributed by atoms with van der Waals surface area (Å²) in [5.41, 5.74) is 3.09. The van der Waals surface area contributed by atoms with Crippen LogP contribution in [0.15, 0.2) is 77.3 Å². The molecule has 150 valence electrons. The number of aromatic nitrogens is 2. The molecular formula is C23H18FN3O3. The third-order valence-corrected chi connectivity index (χ3v) is 4.35. The lowest BCUT2D eigenvalue weighted by atomic mass is 10.1. The average Bonchev–Trinajstić information content (AvgIpc) is 3.24. The molecule has 4 rings (SSSR count). The number of nitrogens with zero attached hydrogens (tertiary/aromatic N) is 2. The van der Waals surface area contributed by atoms with E-state index in [4.69, 9.17) is 9.26 Å². The highest BCUT2D eigenvalue weighted by atomic mass is 19.1. The molecule has 0 aliphatic rings. The Morgan fingerprint density at radius 2 is 1.77 bits per heavy atom. The van der Waals surface area contributed by atoms with E-state index in [1.807, 2.05) is 37.3 Å². The molecule has 0 aliphatic carbocycles. The Balaban J connectivity index is 1.48. The van der Waals surface area contributed by atoms with Gasteiger partial charge in [0.15, 0.2) is 6.61 Å². The minimum Gasteiger partial charge on any atom is -0.484 e. The van der Waals surface area contributed by atoms with E-state index in [0.717, 1.165) is 11.1 Å². The van der Waals surface area contributed by atoms with E-state index in [1.54, 1.807) is 18.2 Å². The van der Waals surface area contributed by atoms with Crippen LogP contribution in [0.5, 0.6) is 5.75 Å². The van der Waals surface area contributed by atoms with Gasteiger partial charge in [0, 0.05) is 5.56 Å². The highest BCUT2D eigenvalue weighted by molar-refractivity contribution is 5.95. The maximum absolute atomic E-state index is 13.0. The number of aryl methyl sites for hydroxylation is 1. The molecule has 0 radical (unpaired) electrons. The molecule has 0 aliphatic heterocycles. The highest BCUT2D eigenvalue weighted by Gasteiger charge is 2.15. The molecule has 0 saturated heterocycles. The van der Waals surface area contributed by atoms with Crippen LogP contribution in [-0.2, 0) is 4.79 Å². The third-order valence-electron chi connectivity index (χ3n) is 4.35. The van der Waals surface area contributed by atoms with Crippen molar-refractivity contribution in [1.29, 1.82) is 0 Å². The SMILES string of the molecule is Cc1ccc(-c2noc(-c3ccccc3NC(=O)COc3ccc(F)cc3)n2)cc1. The normalized spacial score (nSPS) is 10.6. The standard InChI is InChI=1S/C23H18FN3O3/c1-15-6-8-16(9-7-15)22-26-23(30-27-22)19-4-2-3-5-20(19)25-21(28)14-29-18-12-10-17(24)11-13-18/h2-13H,14H2,1H3,(H,25,28). The lowest BCUT2D eigenvalue weighted by Gasteiger charge is -2.09. The first-order valence-corrected chi connectivity index (χ1v) is 9.27. The summed E-state index contributed by atoms with van der Waals surface area (Å²) in [7, 11) is 0. The molecule has 4 aromatic rings. The van der Waals surface area contributed by atoms with Gasteiger partial charge in [-0.15, -0.1) is 0 Å².